The number of hydrogen-bond donors (Lipinski definition) is 0. The summed E-state index contributed by atoms with van der Waals surface area (Å²) in [5, 5.41) is 0. The second-order valence-corrected chi connectivity index (χ2v) is 3.04. The fraction of sp³-hybridized carbons (Fsp3) is 0.875. The molecule has 0 spiro atoms. The molecule has 1 heterocycles. The van der Waals surface area contributed by atoms with E-state index >= 15 is 0 Å². The molecule has 1 saturated heterocycles. The predicted octanol–water partition coefficient (Wildman–Crippen LogP) is 0.170. The molecule has 1 fully saturated rings. The van der Waals surface area contributed by atoms with Gasteiger partial charge in [0, 0.05) is 20.1 Å². The van der Waals surface area contributed by atoms with E-state index in [2.05, 4.69) is 11.8 Å². The molecule has 0 aromatic carbocycles. The molecule has 3 heteroatoms. The molecule has 11 heavy (non-hydrogen) atoms. The van der Waals surface area contributed by atoms with E-state index in [-0.39, 0.29) is 5.91 Å². The molecule has 0 aliphatic carbocycles. The third-order valence-electron chi connectivity index (χ3n) is 2.20. The van der Waals surface area contributed by atoms with E-state index in [1.807, 2.05) is 11.9 Å². The predicted molar refractivity (Wildman–Crippen MR) is 44.4 cm³/mol. The van der Waals surface area contributed by atoms with Gasteiger partial charge in [0.2, 0.25) is 5.91 Å². The molecule has 0 N–H and O–H groups in total. The molecule has 0 saturated carbocycles. The van der Waals surface area contributed by atoms with Gasteiger partial charge in [0.05, 0.1) is 6.54 Å². The van der Waals surface area contributed by atoms with Gasteiger partial charge in [-0.05, 0) is 13.0 Å². The largest absolute Gasteiger partial charge is 0.345 e. The van der Waals surface area contributed by atoms with Gasteiger partial charge in [-0.25, -0.2) is 0 Å². The van der Waals surface area contributed by atoms with Crippen LogP contribution in [0.4, 0.5) is 0 Å². The Kier molecular flexibility index (Phi) is 2.88. The zero-order valence-corrected chi connectivity index (χ0v) is 7.34. The van der Waals surface area contributed by atoms with E-state index in [0.29, 0.717) is 6.54 Å². The first kappa shape index (κ1) is 8.53. The third-order valence-corrected chi connectivity index (χ3v) is 2.20. The first-order valence-electron chi connectivity index (χ1n) is 4.20. The molecule has 0 aromatic rings. The maximum atomic E-state index is 11.3. The number of carbonyl (C=O) groups excluding carboxylic acids is 1. The van der Waals surface area contributed by atoms with Crippen LogP contribution in [0.15, 0.2) is 0 Å². The monoisotopic (exact) mass is 156 g/mol. The van der Waals surface area contributed by atoms with E-state index in [9.17, 15) is 4.79 Å². The van der Waals surface area contributed by atoms with Crippen LogP contribution in [0.2, 0.25) is 0 Å². The Balaban J connectivity index is 2.48. The van der Waals surface area contributed by atoms with E-state index in [1.165, 1.54) is 0 Å². The van der Waals surface area contributed by atoms with Crippen LogP contribution in [0.3, 0.4) is 0 Å². The average Bonchev–Trinajstić information content (AvgIpc) is 2.15. The number of likely N-dealkylation sites (N-methyl/N-ethyl adjacent to an activating group) is 2. The summed E-state index contributed by atoms with van der Waals surface area (Å²) in [4.78, 5) is 15.3. The highest BCUT2D eigenvalue weighted by atomic mass is 16.2. The van der Waals surface area contributed by atoms with Gasteiger partial charge in [0.25, 0.3) is 0 Å². The van der Waals surface area contributed by atoms with Crippen molar-refractivity contribution >= 4 is 5.91 Å². The van der Waals surface area contributed by atoms with E-state index in [1.54, 1.807) is 0 Å². The average molecular weight is 156 g/mol. The van der Waals surface area contributed by atoms with E-state index in [4.69, 9.17) is 0 Å². The van der Waals surface area contributed by atoms with E-state index < -0.39 is 0 Å². The van der Waals surface area contributed by atoms with Crippen molar-refractivity contribution in [2.24, 2.45) is 0 Å². The van der Waals surface area contributed by atoms with Gasteiger partial charge < -0.3 is 4.90 Å². The Morgan fingerprint density at radius 2 is 2.18 bits per heavy atom. The zero-order chi connectivity index (χ0) is 8.27. The Morgan fingerprint density at radius 3 is 2.82 bits per heavy atom. The zero-order valence-electron chi connectivity index (χ0n) is 7.34. The number of hydrogen-bond acceptors (Lipinski definition) is 2. The summed E-state index contributed by atoms with van der Waals surface area (Å²) >= 11 is 0. The lowest BCUT2D eigenvalue weighted by molar-refractivity contribution is -0.129. The van der Waals surface area contributed by atoms with Crippen molar-refractivity contribution in [3.8, 4) is 0 Å². The molecule has 1 aliphatic rings. The van der Waals surface area contributed by atoms with Gasteiger partial charge in [-0.3, -0.25) is 9.69 Å². The van der Waals surface area contributed by atoms with Crippen molar-refractivity contribution in [3.63, 3.8) is 0 Å². The van der Waals surface area contributed by atoms with Gasteiger partial charge in [-0.15, -0.1) is 0 Å². The van der Waals surface area contributed by atoms with Crippen molar-refractivity contribution in [2.45, 2.75) is 13.3 Å². The van der Waals surface area contributed by atoms with Crippen LogP contribution in [-0.2, 0) is 4.79 Å². The maximum Gasteiger partial charge on any atom is 0.236 e. The van der Waals surface area contributed by atoms with Crippen LogP contribution in [0.25, 0.3) is 0 Å². The maximum absolute atomic E-state index is 11.3. The molecule has 0 radical (unpaired) electrons. The third kappa shape index (κ3) is 2.19. The summed E-state index contributed by atoms with van der Waals surface area (Å²) < 4.78 is 0. The first-order chi connectivity index (χ1) is 5.24. The van der Waals surface area contributed by atoms with Gasteiger partial charge >= 0.3 is 0 Å². The minimum atomic E-state index is 0.254. The van der Waals surface area contributed by atoms with Crippen molar-refractivity contribution in [1.29, 1.82) is 0 Å². The van der Waals surface area contributed by atoms with Crippen LogP contribution in [-0.4, -0.2) is 48.9 Å². The van der Waals surface area contributed by atoms with Crippen molar-refractivity contribution < 1.29 is 4.79 Å². The number of amides is 1. The number of carbonyl (C=O) groups is 1. The summed E-state index contributed by atoms with van der Waals surface area (Å²) in [5.41, 5.74) is 0. The second-order valence-electron chi connectivity index (χ2n) is 3.04. The Morgan fingerprint density at radius 1 is 1.45 bits per heavy atom. The van der Waals surface area contributed by atoms with Crippen LogP contribution < -0.4 is 0 Å². The molecule has 64 valence electrons. The van der Waals surface area contributed by atoms with Gasteiger partial charge in [0.1, 0.15) is 0 Å². The van der Waals surface area contributed by atoms with Gasteiger partial charge in [-0.1, -0.05) is 6.92 Å². The van der Waals surface area contributed by atoms with Crippen LogP contribution >= 0.6 is 0 Å². The molecule has 0 aromatic heterocycles. The molecule has 1 rings (SSSR count). The van der Waals surface area contributed by atoms with Gasteiger partial charge in [0.15, 0.2) is 0 Å². The van der Waals surface area contributed by atoms with Gasteiger partial charge in [-0.2, -0.15) is 0 Å². The molecule has 0 atom stereocenters. The van der Waals surface area contributed by atoms with Crippen LogP contribution in [0.5, 0.6) is 0 Å². The number of nitrogens with zero attached hydrogens (tertiary/aromatic N) is 2. The van der Waals surface area contributed by atoms with Crippen molar-refractivity contribution in [2.75, 3.05) is 33.2 Å². The quantitative estimate of drug-likeness (QED) is 0.540. The summed E-state index contributed by atoms with van der Waals surface area (Å²) in [7, 11) is 1.88. The lowest BCUT2D eigenvalue weighted by Gasteiger charge is -2.16. The molecular formula is C8H16N2O. The van der Waals surface area contributed by atoms with E-state index in [0.717, 1.165) is 26.1 Å². The molecule has 1 amide bonds. The highest BCUT2D eigenvalue weighted by Gasteiger charge is 2.16. The highest BCUT2D eigenvalue weighted by Crippen LogP contribution is 2.00. The minimum absolute atomic E-state index is 0.254. The topological polar surface area (TPSA) is 23.6 Å². The van der Waals surface area contributed by atoms with Crippen molar-refractivity contribution in [3.05, 3.63) is 0 Å². The summed E-state index contributed by atoms with van der Waals surface area (Å²) in [6.45, 7) is 5.66. The fourth-order valence-electron chi connectivity index (χ4n) is 1.32. The molecule has 0 bridgehead atoms. The Hall–Kier alpha value is -0.570. The fourth-order valence-corrected chi connectivity index (χ4v) is 1.32. The molecular weight excluding hydrogens is 140 g/mol. The van der Waals surface area contributed by atoms with Crippen LogP contribution in [0.1, 0.15) is 13.3 Å². The summed E-state index contributed by atoms with van der Waals surface area (Å²) in [5.74, 6) is 0.254. The lowest BCUT2D eigenvalue weighted by Crippen LogP contribution is -2.34. The van der Waals surface area contributed by atoms with Crippen molar-refractivity contribution in [1.82, 2.24) is 9.80 Å². The molecule has 1 aliphatic heterocycles. The molecule has 3 nitrogen and oxygen atoms in total. The Labute approximate surface area is 68.0 Å². The normalized spacial score (nSPS) is 22.0. The number of rotatable bonds is 1. The highest BCUT2D eigenvalue weighted by molar-refractivity contribution is 5.78. The summed E-state index contributed by atoms with van der Waals surface area (Å²) in [6, 6.07) is 0. The molecule has 0 unspecified atom stereocenters. The first-order valence-corrected chi connectivity index (χ1v) is 4.20. The SMILES string of the molecule is CCN1CCCN(C)C(=O)C1. The lowest BCUT2D eigenvalue weighted by atomic mass is 10.4. The smallest absolute Gasteiger partial charge is 0.236 e. The standard InChI is InChI=1S/C8H16N2O/c1-3-10-6-4-5-9(2)8(11)7-10/h3-7H2,1-2H3. The van der Waals surface area contributed by atoms with Crippen LogP contribution in [0, 0.1) is 0 Å². The summed E-state index contributed by atoms with van der Waals surface area (Å²) in [6.07, 6.45) is 1.11. The minimum Gasteiger partial charge on any atom is -0.345 e. The second kappa shape index (κ2) is 3.72. The Bertz CT molecular complexity index is 147.